The lowest BCUT2D eigenvalue weighted by Gasteiger charge is -2.14. The molecule has 1 aromatic rings. The van der Waals surface area contributed by atoms with E-state index in [9.17, 15) is 14.4 Å². The second-order valence-corrected chi connectivity index (χ2v) is 7.25. The minimum Gasteiger partial charge on any atom is -0.356 e. The minimum atomic E-state index is -0.227. The van der Waals surface area contributed by atoms with Crippen LogP contribution in [0.2, 0.25) is 5.02 Å². The van der Waals surface area contributed by atoms with Crippen LogP contribution in [0.3, 0.4) is 0 Å². The van der Waals surface area contributed by atoms with Gasteiger partial charge in [0, 0.05) is 24.5 Å². The molecule has 6 heteroatoms. The largest absolute Gasteiger partial charge is 0.356 e. The summed E-state index contributed by atoms with van der Waals surface area (Å²) in [6.07, 6.45) is 7.02. The lowest BCUT2D eigenvalue weighted by molar-refractivity contribution is -0.140. The van der Waals surface area contributed by atoms with E-state index in [1.165, 1.54) is 10.5 Å². The van der Waals surface area contributed by atoms with Crippen molar-refractivity contribution in [1.29, 1.82) is 0 Å². The van der Waals surface area contributed by atoms with Gasteiger partial charge in [0.15, 0.2) is 0 Å². The Morgan fingerprint density at radius 3 is 2.31 bits per heavy atom. The van der Waals surface area contributed by atoms with E-state index < -0.39 is 0 Å². The normalized spacial score (nSPS) is 21.8. The van der Waals surface area contributed by atoms with Gasteiger partial charge in [0.1, 0.15) is 0 Å². The first-order chi connectivity index (χ1) is 12.6. The smallest absolute Gasteiger partial charge is 0.233 e. The fourth-order valence-electron chi connectivity index (χ4n) is 3.56. The zero-order valence-corrected chi connectivity index (χ0v) is 15.4. The van der Waals surface area contributed by atoms with E-state index >= 15 is 0 Å². The predicted octanol–water partition coefficient (Wildman–Crippen LogP) is 2.73. The number of carbonyl (C=O) groups is 3. The fraction of sp³-hybridized carbons (Fsp3) is 0.450. The molecule has 138 valence electrons. The summed E-state index contributed by atoms with van der Waals surface area (Å²) < 4.78 is 0. The Morgan fingerprint density at radius 2 is 1.69 bits per heavy atom. The van der Waals surface area contributed by atoms with Crippen molar-refractivity contribution < 1.29 is 14.4 Å². The average Bonchev–Trinajstić information content (AvgIpc) is 2.89. The van der Waals surface area contributed by atoms with Gasteiger partial charge in [-0.2, -0.15) is 0 Å². The number of aryl methyl sites for hydroxylation is 1. The molecule has 1 aliphatic heterocycles. The van der Waals surface area contributed by atoms with Gasteiger partial charge in [-0.15, -0.1) is 0 Å². The topological polar surface area (TPSA) is 66.5 Å². The zero-order chi connectivity index (χ0) is 18.5. The van der Waals surface area contributed by atoms with Gasteiger partial charge < -0.3 is 5.32 Å². The monoisotopic (exact) mass is 374 g/mol. The summed E-state index contributed by atoms with van der Waals surface area (Å²) in [6, 6.07) is 7.66. The molecule has 2 aliphatic rings. The van der Waals surface area contributed by atoms with E-state index in [1.807, 2.05) is 36.4 Å². The van der Waals surface area contributed by atoms with E-state index in [0.717, 1.165) is 12.8 Å². The van der Waals surface area contributed by atoms with Crippen LogP contribution in [0, 0.1) is 11.8 Å². The number of hydrogen-bond acceptors (Lipinski definition) is 3. The SMILES string of the molecule is O=C(CCN1C(=O)[C@H]2CC=CC[C@H]2C1=O)NCCCc1ccc(Cl)cc1. The van der Waals surface area contributed by atoms with Crippen molar-refractivity contribution >= 4 is 29.3 Å². The van der Waals surface area contributed by atoms with Gasteiger partial charge in [-0.25, -0.2) is 0 Å². The predicted molar refractivity (Wildman–Crippen MR) is 99.5 cm³/mol. The maximum atomic E-state index is 12.3. The van der Waals surface area contributed by atoms with Gasteiger partial charge in [0.05, 0.1) is 11.8 Å². The third-order valence-corrected chi connectivity index (χ3v) is 5.29. The quantitative estimate of drug-likeness (QED) is 0.453. The third-order valence-electron chi connectivity index (χ3n) is 5.04. The van der Waals surface area contributed by atoms with Gasteiger partial charge in [-0.05, 0) is 43.4 Å². The Bertz CT molecular complexity index is 688. The first kappa shape index (κ1) is 18.6. The van der Waals surface area contributed by atoms with Crippen LogP contribution in [0.5, 0.6) is 0 Å². The number of rotatable bonds is 7. The molecule has 26 heavy (non-hydrogen) atoms. The van der Waals surface area contributed by atoms with Gasteiger partial charge in [-0.1, -0.05) is 35.9 Å². The number of amides is 3. The van der Waals surface area contributed by atoms with Crippen molar-refractivity contribution in [2.75, 3.05) is 13.1 Å². The molecule has 1 fully saturated rings. The van der Waals surface area contributed by atoms with Crippen molar-refractivity contribution in [3.63, 3.8) is 0 Å². The number of likely N-dealkylation sites (tertiary alicyclic amines) is 1. The summed E-state index contributed by atoms with van der Waals surface area (Å²) in [4.78, 5) is 37.9. The molecule has 0 unspecified atom stereocenters. The van der Waals surface area contributed by atoms with Crippen LogP contribution < -0.4 is 5.32 Å². The van der Waals surface area contributed by atoms with Crippen LogP contribution in [0.15, 0.2) is 36.4 Å². The van der Waals surface area contributed by atoms with E-state index in [4.69, 9.17) is 11.6 Å². The number of halogens is 1. The molecule has 2 atom stereocenters. The highest BCUT2D eigenvalue weighted by atomic mass is 35.5. The van der Waals surface area contributed by atoms with Crippen LogP contribution in [-0.4, -0.2) is 35.7 Å². The Labute approximate surface area is 158 Å². The fourth-order valence-corrected chi connectivity index (χ4v) is 3.69. The van der Waals surface area contributed by atoms with Crippen molar-refractivity contribution in [3.05, 3.63) is 47.0 Å². The second kappa shape index (κ2) is 8.49. The maximum Gasteiger partial charge on any atom is 0.233 e. The molecule has 0 bridgehead atoms. The van der Waals surface area contributed by atoms with E-state index in [-0.39, 0.29) is 42.5 Å². The molecule has 1 aromatic carbocycles. The highest BCUT2D eigenvalue weighted by molar-refractivity contribution is 6.30. The van der Waals surface area contributed by atoms with Crippen molar-refractivity contribution in [1.82, 2.24) is 10.2 Å². The lowest BCUT2D eigenvalue weighted by Crippen LogP contribution is -2.35. The number of imide groups is 1. The van der Waals surface area contributed by atoms with Crippen molar-refractivity contribution in [2.45, 2.75) is 32.1 Å². The van der Waals surface area contributed by atoms with E-state index in [1.54, 1.807) is 0 Å². The van der Waals surface area contributed by atoms with Crippen LogP contribution in [0.1, 0.15) is 31.2 Å². The van der Waals surface area contributed by atoms with Gasteiger partial charge >= 0.3 is 0 Å². The molecule has 5 nitrogen and oxygen atoms in total. The molecule has 1 saturated heterocycles. The lowest BCUT2D eigenvalue weighted by atomic mass is 9.85. The second-order valence-electron chi connectivity index (χ2n) is 6.81. The minimum absolute atomic E-state index is 0.125. The molecule has 1 heterocycles. The van der Waals surface area contributed by atoms with Gasteiger partial charge in [0.2, 0.25) is 17.7 Å². The number of carbonyl (C=O) groups excluding carboxylic acids is 3. The maximum absolute atomic E-state index is 12.3. The first-order valence-electron chi connectivity index (χ1n) is 9.07. The molecular weight excluding hydrogens is 352 g/mol. The summed E-state index contributed by atoms with van der Waals surface area (Å²) in [5.74, 6) is -0.834. The number of hydrogen-bond donors (Lipinski definition) is 1. The molecule has 3 amide bonds. The van der Waals surface area contributed by atoms with Crippen molar-refractivity contribution in [3.8, 4) is 0 Å². The molecule has 0 spiro atoms. The highest BCUT2D eigenvalue weighted by Gasteiger charge is 2.46. The Morgan fingerprint density at radius 1 is 1.08 bits per heavy atom. The standard InChI is InChI=1S/C20H23ClN2O3/c21-15-9-7-14(8-10-15)4-3-12-22-18(24)11-13-23-19(25)16-5-1-2-6-17(16)20(23)26/h1-2,7-10,16-17H,3-6,11-13H2,(H,22,24)/t16-,17+. The molecule has 0 aromatic heterocycles. The molecule has 0 radical (unpaired) electrons. The van der Waals surface area contributed by atoms with Gasteiger partial charge in [0.25, 0.3) is 0 Å². The summed E-state index contributed by atoms with van der Waals surface area (Å²) in [5.41, 5.74) is 1.17. The van der Waals surface area contributed by atoms with Crippen LogP contribution >= 0.6 is 11.6 Å². The van der Waals surface area contributed by atoms with Gasteiger partial charge in [-0.3, -0.25) is 19.3 Å². The Hall–Kier alpha value is -2.14. The Kier molecular flexibility index (Phi) is 6.09. The first-order valence-corrected chi connectivity index (χ1v) is 9.45. The molecule has 3 rings (SSSR count). The number of allylic oxidation sites excluding steroid dienone is 2. The van der Waals surface area contributed by atoms with E-state index in [0.29, 0.717) is 24.4 Å². The number of nitrogens with zero attached hydrogens (tertiary/aromatic N) is 1. The molecule has 1 aliphatic carbocycles. The summed E-state index contributed by atoms with van der Waals surface area (Å²) in [5, 5.41) is 3.57. The summed E-state index contributed by atoms with van der Waals surface area (Å²) >= 11 is 5.85. The number of fused-ring (bicyclic) bond motifs is 1. The summed E-state index contributed by atoms with van der Waals surface area (Å²) in [7, 11) is 0. The number of nitrogens with one attached hydrogen (secondary N) is 1. The highest BCUT2D eigenvalue weighted by Crippen LogP contribution is 2.34. The van der Waals surface area contributed by atoms with Crippen molar-refractivity contribution in [2.24, 2.45) is 11.8 Å². The van der Waals surface area contributed by atoms with Crippen LogP contribution in [0.25, 0.3) is 0 Å². The van der Waals surface area contributed by atoms with Crippen LogP contribution in [0.4, 0.5) is 0 Å². The summed E-state index contributed by atoms with van der Waals surface area (Å²) in [6.45, 7) is 0.742. The molecular formula is C20H23ClN2O3. The van der Waals surface area contributed by atoms with Crippen LogP contribution in [-0.2, 0) is 20.8 Å². The Balaban J connectivity index is 1.37. The zero-order valence-electron chi connectivity index (χ0n) is 14.6. The number of benzene rings is 1. The molecule has 0 saturated carbocycles. The average molecular weight is 375 g/mol. The third kappa shape index (κ3) is 4.33. The molecule has 1 N–H and O–H groups in total. The van der Waals surface area contributed by atoms with E-state index in [2.05, 4.69) is 5.32 Å².